The normalized spacial score (nSPS) is 12.2. The molecule has 1 unspecified atom stereocenters. The maximum atomic E-state index is 5.73. The standard InChI is InChI=1S/C15H19N3O/c1-10-4-5-14(19-3)13(7-10)15(18-16)12-6-11(2)8-17-9-12/h4-9,15,18H,16H2,1-3H3. The summed E-state index contributed by atoms with van der Waals surface area (Å²) in [5, 5.41) is 0. The maximum Gasteiger partial charge on any atom is 0.124 e. The molecular formula is C15H19N3O. The summed E-state index contributed by atoms with van der Waals surface area (Å²) in [6, 6.07) is 7.98. The summed E-state index contributed by atoms with van der Waals surface area (Å²) in [6.07, 6.45) is 3.64. The summed E-state index contributed by atoms with van der Waals surface area (Å²) in [5.41, 5.74) is 7.14. The SMILES string of the molecule is COc1ccc(C)cc1C(NN)c1cncc(C)c1. The molecule has 0 radical (unpaired) electrons. The number of rotatable bonds is 4. The fourth-order valence-electron chi connectivity index (χ4n) is 2.18. The van der Waals surface area contributed by atoms with E-state index in [0.717, 1.165) is 28.0 Å². The number of methoxy groups -OCH3 is 1. The van der Waals surface area contributed by atoms with E-state index in [1.807, 2.05) is 38.4 Å². The zero-order chi connectivity index (χ0) is 13.8. The molecule has 4 heteroatoms. The summed E-state index contributed by atoms with van der Waals surface area (Å²) in [4.78, 5) is 4.22. The van der Waals surface area contributed by atoms with Crippen molar-refractivity contribution in [3.05, 3.63) is 58.9 Å². The fourth-order valence-corrected chi connectivity index (χ4v) is 2.18. The van der Waals surface area contributed by atoms with Crippen molar-refractivity contribution >= 4 is 0 Å². The molecule has 0 saturated heterocycles. The van der Waals surface area contributed by atoms with Gasteiger partial charge in [0.05, 0.1) is 13.2 Å². The lowest BCUT2D eigenvalue weighted by atomic mass is 9.97. The Hall–Kier alpha value is -1.91. The van der Waals surface area contributed by atoms with Gasteiger partial charge in [-0.2, -0.15) is 0 Å². The van der Waals surface area contributed by atoms with Crippen molar-refractivity contribution in [3.63, 3.8) is 0 Å². The number of hydrazine groups is 1. The number of ether oxygens (including phenoxy) is 1. The number of aromatic nitrogens is 1. The molecule has 1 atom stereocenters. The molecule has 1 aromatic heterocycles. The second kappa shape index (κ2) is 5.82. The largest absolute Gasteiger partial charge is 0.496 e. The van der Waals surface area contributed by atoms with E-state index in [-0.39, 0.29) is 6.04 Å². The zero-order valence-electron chi connectivity index (χ0n) is 11.5. The lowest BCUT2D eigenvalue weighted by Gasteiger charge is -2.20. The van der Waals surface area contributed by atoms with Gasteiger partial charge in [-0.1, -0.05) is 23.8 Å². The van der Waals surface area contributed by atoms with E-state index in [2.05, 4.69) is 22.5 Å². The van der Waals surface area contributed by atoms with Crippen LogP contribution >= 0.6 is 0 Å². The predicted octanol–water partition coefficient (Wildman–Crippen LogP) is 2.26. The van der Waals surface area contributed by atoms with Gasteiger partial charge in [0.15, 0.2) is 0 Å². The molecule has 1 aromatic carbocycles. The van der Waals surface area contributed by atoms with Crippen LogP contribution in [0.25, 0.3) is 0 Å². The first-order chi connectivity index (χ1) is 9.15. The minimum absolute atomic E-state index is 0.137. The predicted molar refractivity (Wildman–Crippen MR) is 75.9 cm³/mol. The molecule has 0 amide bonds. The molecule has 4 nitrogen and oxygen atoms in total. The van der Waals surface area contributed by atoms with Crippen LogP contribution in [-0.2, 0) is 0 Å². The van der Waals surface area contributed by atoms with Gasteiger partial charge in [-0.15, -0.1) is 0 Å². The third-order valence-electron chi connectivity index (χ3n) is 3.09. The lowest BCUT2D eigenvalue weighted by molar-refractivity contribution is 0.404. The molecule has 0 aliphatic carbocycles. The van der Waals surface area contributed by atoms with E-state index in [4.69, 9.17) is 10.6 Å². The van der Waals surface area contributed by atoms with Gasteiger partial charge in [0.2, 0.25) is 0 Å². The number of hydrogen-bond donors (Lipinski definition) is 2. The third-order valence-corrected chi connectivity index (χ3v) is 3.09. The molecular weight excluding hydrogens is 238 g/mol. The van der Waals surface area contributed by atoms with Crippen molar-refractivity contribution in [2.24, 2.45) is 5.84 Å². The van der Waals surface area contributed by atoms with E-state index >= 15 is 0 Å². The number of pyridine rings is 1. The topological polar surface area (TPSA) is 60.2 Å². The third kappa shape index (κ3) is 2.92. The highest BCUT2D eigenvalue weighted by atomic mass is 16.5. The Labute approximate surface area is 113 Å². The van der Waals surface area contributed by atoms with E-state index < -0.39 is 0 Å². The molecule has 0 bridgehead atoms. The van der Waals surface area contributed by atoms with Crippen LogP contribution in [0, 0.1) is 13.8 Å². The van der Waals surface area contributed by atoms with Gasteiger partial charge >= 0.3 is 0 Å². The van der Waals surface area contributed by atoms with E-state index in [0.29, 0.717) is 0 Å². The average Bonchev–Trinajstić information content (AvgIpc) is 2.40. The van der Waals surface area contributed by atoms with Gasteiger partial charge in [-0.25, -0.2) is 5.43 Å². The first kappa shape index (κ1) is 13.5. The van der Waals surface area contributed by atoms with Gasteiger partial charge in [0.25, 0.3) is 0 Å². The molecule has 0 aliphatic heterocycles. The van der Waals surface area contributed by atoms with Gasteiger partial charge in [0.1, 0.15) is 5.75 Å². The second-order valence-electron chi connectivity index (χ2n) is 4.64. The molecule has 3 N–H and O–H groups in total. The molecule has 0 saturated carbocycles. The van der Waals surface area contributed by atoms with Crippen LogP contribution in [0.2, 0.25) is 0 Å². The Morgan fingerprint density at radius 3 is 2.58 bits per heavy atom. The molecule has 100 valence electrons. The molecule has 0 spiro atoms. The summed E-state index contributed by atoms with van der Waals surface area (Å²) in [6.45, 7) is 4.06. The molecule has 0 aliphatic rings. The first-order valence-electron chi connectivity index (χ1n) is 6.18. The number of hydrogen-bond acceptors (Lipinski definition) is 4. The summed E-state index contributed by atoms with van der Waals surface area (Å²) < 4.78 is 5.42. The summed E-state index contributed by atoms with van der Waals surface area (Å²) in [7, 11) is 1.66. The van der Waals surface area contributed by atoms with Crippen molar-refractivity contribution in [1.82, 2.24) is 10.4 Å². The van der Waals surface area contributed by atoms with Gasteiger partial charge in [-0.05, 0) is 31.0 Å². The molecule has 19 heavy (non-hydrogen) atoms. The van der Waals surface area contributed by atoms with E-state index in [1.165, 1.54) is 0 Å². The van der Waals surface area contributed by atoms with Crippen LogP contribution in [-0.4, -0.2) is 12.1 Å². The van der Waals surface area contributed by atoms with Crippen molar-refractivity contribution in [1.29, 1.82) is 0 Å². The van der Waals surface area contributed by atoms with Crippen LogP contribution in [0.5, 0.6) is 5.75 Å². The van der Waals surface area contributed by atoms with E-state index in [9.17, 15) is 0 Å². The minimum Gasteiger partial charge on any atom is -0.496 e. The molecule has 2 rings (SSSR count). The van der Waals surface area contributed by atoms with Crippen molar-refractivity contribution in [2.75, 3.05) is 7.11 Å². The van der Waals surface area contributed by atoms with Gasteiger partial charge < -0.3 is 4.74 Å². The quantitative estimate of drug-likeness (QED) is 0.651. The summed E-state index contributed by atoms with van der Waals surface area (Å²) >= 11 is 0. The lowest BCUT2D eigenvalue weighted by Crippen LogP contribution is -2.29. The number of nitrogens with zero attached hydrogens (tertiary/aromatic N) is 1. The van der Waals surface area contributed by atoms with E-state index in [1.54, 1.807) is 7.11 Å². The van der Waals surface area contributed by atoms with Crippen LogP contribution in [0.15, 0.2) is 36.7 Å². The first-order valence-corrected chi connectivity index (χ1v) is 6.18. The van der Waals surface area contributed by atoms with Crippen molar-refractivity contribution in [3.8, 4) is 5.75 Å². The highest BCUT2D eigenvalue weighted by Crippen LogP contribution is 2.30. The Morgan fingerprint density at radius 2 is 1.95 bits per heavy atom. The Kier molecular flexibility index (Phi) is 4.14. The van der Waals surface area contributed by atoms with Gasteiger partial charge in [-0.3, -0.25) is 10.8 Å². The molecule has 0 fully saturated rings. The van der Waals surface area contributed by atoms with Crippen molar-refractivity contribution < 1.29 is 4.74 Å². The van der Waals surface area contributed by atoms with Crippen LogP contribution in [0.3, 0.4) is 0 Å². The van der Waals surface area contributed by atoms with Crippen LogP contribution in [0.1, 0.15) is 28.3 Å². The second-order valence-corrected chi connectivity index (χ2v) is 4.64. The Bertz CT molecular complexity index is 569. The number of nitrogens with two attached hydrogens (primary N) is 1. The molecule has 1 heterocycles. The van der Waals surface area contributed by atoms with Crippen molar-refractivity contribution in [2.45, 2.75) is 19.9 Å². The number of benzene rings is 1. The number of nitrogens with one attached hydrogen (secondary N) is 1. The minimum atomic E-state index is -0.137. The fraction of sp³-hybridized carbons (Fsp3) is 0.267. The summed E-state index contributed by atoms with van der Waals surface area (Å²) in [5.74, 6) is 6.54. The smallest absolute Gasteiger partial charge is 0.124 e. The zero-order valence-corrected chi connectivity index (χ0v) is 11.5. The Balaban J connectivity index is 2.50. The van der Waals surface area contributed by atoms with Crippen LogP contribution in [0.4, 0.5) is 0 Å². The molecule has 2 aromatic rings. The maximum absolute atomic E-state index is 5.73. The Morgan fingerprint density at radius 1 is 1.16 bits per heavy atom. The monoisotopic (exact) mass is 257 g/mol. The van der Waals surface area contributed by atoms with Crippen LogP contribution < -0.4 is 16.0 Å². The average molecular weight is 257 g/mol. The highest BCUT2D eigenvalue weighted by Gasteiger charge is 2.17. The number of aryl methyl sites for hydroxylation is 2. The van der Waals surface area contributed by atoms with Gasteiger partial charge in [0, 0.05) is 18.0 Å². The highest BCUT2D eigenvalue weighted by molar-refractivity contribution is 5.43.